The molecule has 2 rings (SSSR count). The minimum Gasteiger partial charge on any atom is -0.492 e. The van der Waals surface area contributed by atoms with Crippen LogP contribution in [0, 0.1) is 5.92 Å². The molecule has 0 bridgehead atoms. The summed E-state index contributed by atoms with van der Waals surface area (Å²) in [5.41, 5.74) is 6.05. The number of hydrogen-bond acceptors (Lipinski definition) is 3. The molecule has 0 aliphatic heterocycles. The molecule has 1 aromatic rings. The van der Waals surface area contributed by atoms with Crippen LogP contribution >= 0.6 is 15.9 Å². The van der Waals surface area contributed by atoms with Crippen molar-refractivity contribution < 1.29 is 9.53 Å². The monoisotopic (exact) mass is 297 g/mol. The van der Waals surface area contributed by atoms with Crippen molar-refractivity contribution in [3.63, 3.8) is 0 Å². The molecule has 1 saturated carbocycles. The number of nitrogens with two attached hydrogens (primary N) is 1. The van der Waals surface area contributed by atoms with Gasteiger partial charge in [0.25, 0.3) is 0 Å². The van der Waals surface area contributed by atoms with Crippen molar-refractivity contribution in [1.29, 1.82) is 0 Å². The van der Waals surface area contributed by atoms with Crippen molar-refractivity contribution in [3.05, 3.63) is 28.2 Å². The van der Waals surface area contributed by atoms with Gasteiger partial charge in [-0.25, -0.2) is 0 Å². The minimum absolute atomic E-state index is 0.0660. The van der Waals surface area contributed by atoms with E-state index in [2.05, 4.69) is 15.9 Å². The van der Waals surface area contributed by atoms with Gasteiger partial charge in [-0.15, -0.1) is 0 Å². The fourth-order valence-corrected chi connectivity index (χ4v) is 1.92. The van der Waals surface area contributed by atoms with Crippen LogP contribution in [0.1, 0.15) is 29.6 Å². The van der Waals surface area contributed by atoms with E-state index in [4.69, 9.17) is 10.5 Å². The average molecular weight is 298 g/mol. The number of Topliss-reactive ketones (excluding diaryl/α,β-unsaturated/α-hetero) is 1. The van der Waals surface area contributed by atoms with Crippen LogP contribution in [0.5, 0.6) is 5.75 Å². The summed E-state index contributed by atoms with van der Waals surface area (Å²) >= 11 is 3.43. The van der Waals surface area contributed by atoms with Crippen LogP contribution in [-0.2, 0) is 0 Å². The number of ether oxygens (including phenoxy) is 1. The van der Waals surface area contributed by atoms with Gasteiger partial charge < -0.3 is 10.5 Å². The minimum atomic E-state index is 0.0660. The number of carbonyl (C=O) groups excluding carboxylic acids is 1. The van der Waals surface area contributed by atoms with Gasteiger partial charge in [-0.2, -0.15) is 0 Å². The molecule has 0 spiro atoms. The van der Waals surface area contributed by atoms with Crippen LogP contribution < -0.4 is 10.5 Å². The molecule has 0 unspecified atom stereocenters. The van der Waals surface area contributed by atoms with Gasteiger partial charge in [0.1, 0.15) is 5.75 Å². The second kappa shape index (κ2) is 5.65. The molecule has 0 aromatic heterocycles. The third kappa shape index (κ3) is 3.54. The van der Waals surface area contributed by atoms with Gasteiger partial charge in [-0.3, -0.25) is 4.79 Å². The molecule has 0 atom stereocenters. The van der Waals surface area contributed by atoms with Gasteiger partial charge in [0, 0.05) is 12.0 Å². The van der Waals surface area contributed by atoms with Crippen molar-refractivity contribution in [1.82, 2.24) is 0 Å². The zero-order valence-corrected chi connectivity index (χ0v) is 11.2. The first kappa shape index (κ1) is 12.6. The molecular formula is C13H16BrNO2. The van der Waals surface area contributed by atoms with E-state index in [0.717, 1.165) is 16.8 Å². The number of benzene rings is 1. The van der Waals surface area contributed by atoms with Crippen LogP contribution in [0.3, 0.4) is 0 Å². The maximum atomic E-state index is 11.7. The topological polar surface area (TPSA) is 52.3 Å². The first-order valence-corrected chi connectivity index (χ1v) is 6.65. The first-order valence-electron chi connectivity index (χ1n) is 5.86. The molecule has 0 saturated heterocycles. The summed E-state index contributed by atoms with van der Waals surface area (Å²) in [4.78, 5) is 11.7. The first-order chi connectivity index (χ1) is 8.20. The van der Waals surface area contributed by atoms with Crippen LogP contribution in [-0.4, -0.2) is 18.9 Å². The lowest BCUT2D eigenvalue weighted by molar-refractivity contribution is 0.0985. The molecule has 1 aromatic carbocycles. The standard InChI is InChI=1S/C13H16BrNO2/c14-11-4-3-10(12(16)5-6-15)7-13(11)17-8-9-1-2-9/h3-4,7,9H,1-2,5-6,8,15H2. The number of rotatable bonds is 6. The zero-order chi connectivity index (χ0) is 12.3. The maximum Gasteiger partial charge on any atom is 0.164 e. The SMILES string of the molecule is NCCC(=O)c1ccc(Br)c(OCC2CC2)c1. The van der Waals surface area contributed by atoms with Gasteiger partial charge in [0.2, 0.25) is 0 Å². The van der Waals surface area contributed by atoms with E-state index in [1.807, 2.05) is 6.07 Å². The summed E-state index contributed by atoms with van der Waals surface area (Å²) in [5.74, 6) is 1.52. The predicted octanol–water partition coefficient (Wildman–Crippen LogP) is 2.77. The molecule has 92 valence electrons. The van der Waals surface area contributed by atoms with E-state index < -0.39 is 0 Å². The van der Waals surface area contributed by atoms with E-state index in [0.29, 0.717) is 24.4 Å². The lowest BCUT2D eigenvalue weighted by atomic mass is 10.1. The molecule has 1 aliphatic carbocycles. The Morgan fingerprint density at radius 3 is 2.88 bits per heavy atom. The van der Waals surface area contributed by atoms with Crippen LogP contribution in [0.15, 0.2) is 22.7 Å². The van der Waals surface area contributed by atoms with E-state index in [-0.39, 0.29) is 5.78 Å². The van der Waals surface area contributed by atoms with E-state index in [1.165, 1.54) is 12.8 Å². The van der Waals surface area contributed by atoms with Gasteiger partial charge in [0.15, 0.2) is 5.78 Å². The fourth-order valence-electron chi connectivity index (χ4n) is 1.55. The van der Waals surface area contributed by atoms with Crippen molar-refractivity contribution >= 4 is 21.7 Å². The Morgan fingerprint density at radius 2 is 2.24 bits per heavy atom. The molecule has 0 radical (unpaired) electrons. The van der Waals surface area contributed by atoms with E-state index in [9.17, 15) is 4.79 Å². The Labute approximate surface area is 109 Å². The quantitative estimate of drug-likeness (QED) is 0.822. The molecule has 4 heteroatoms. The maximum absolute atomic E-state index is 11.7. The highest BCUT2D eigenvalue weighted by Crippen LogP contribution is 2.32. The molecule has 17 heavy (non-hydrogen) atoms. The van der Waals surface area contributed by atoms with Crippen LogP contribution in [0.4, 0.5) is 0 Å². The number of halogens is 1. The molecule has 1 fully saturated rings. The van der Waals surface area contributed by atoms with Crippen molar-refractivity contribution in [2.24, 2.45) is 11.7 Å². The molecule has 3 nitrogen and oxygen atoms in total. The Kier molecular flexibility index (Phi) is 4.18. The molecule has 0 amide bonds. The fraction of sp³-hybridized carbons (Fsp3) is 0.462. The Bertz CT molecular complexity index is 416. The summed E-state index contributed by atoms with van der Waals surface area (Å²) in [7, 11) is 0. The number of ketones is 1. The predicted molar refractivity (Wildman–Crippen MR) is 70.4 cm³/mol. The highest BCUT2D eigenvalue weighted by atomic mass is 79.9. The average Bonchev–Trinajstić information content (AvgIpc) is 3.12. The van der Waals surface area contributed by atoms with Gasteiger partial charge in [-0.05, 0) is 53.4 Å². The highest BCUT2D eigenvalue weighted by molar-refractivity contribution is 9.10. The lowest BCUT2D eigenvalue weighted by Gasteiger charge is -2.09. The van der Waals surface area contributed by atoms with Crippen molar-refractivity contribution in [2.75, 3.05) is 13.2 Å². The summed E-state index contributed by atoms with van der Waals surface area (Å²) < 4.78 is 6.59. The summed E-state index contributed by atoms with van der Waals surface area (Å²) in [6, 6.07) is 5.45. The lowest BCUT2D eigenvalue weighted by Crippen LogP contribution is -2.08. The van der Waals surface area contributed by atoms with Crippen LogP contribution in [0.2, 0.25) is 0 Å². The van der Waals surface area contributed by atoms with Crippen LogP contribution in [0.25, 0.3) is 0 Å². The Morgan fingerprint density at radius 1 is 1.47 bits per heavy atom. The molecule has 0 heterocycles. The smallest absolute Gasteiger partial charge is 0.164 e. The molecular weight excluding hydrogens is 282 g/mol. The third-order valence-corrected chi connectivity index (χ3v) is 3.45. The van der Waals surface area contributed by atoms with Gasteiger partial charge in [-0.1, -0.05) is 6.07 Å². The zero-order valence-electron chi connectivity index (χ0n) is 9.62. The molecule has 2 N–H and O–H groups in total. The number of hydrogen-bond donors (Lipinski definition) is 1. The normalized spacial score (nSPS) is 14.7. The Hall–Kier alpha value is -0.870. The van der Waals surface area contributed by atoms with Crippen molar-refractivity contribution in [2.45, 2.75) is 19.3 Å². The second-order valence-electron chi connectivity index (χ2n) is 4.36. The van der Waals surface area contributed by atoms with Crippen molar-refractivity contribution in [3.8, 4) is 5.75 Å². The largest absolute Gasteiger partial charge is 0.492 e. The summed E-state index contributed by atoms with van der Waals surface area (Å²) in [5, 5.41) is 0. The van der Waals surface area contributed by atoms with E-state index >= 15 is 0 Å². The summed E-state index contributed by atoms with van der Waals surface area (Å²) in [6.45, 7) is 1.13. The Balaban J connectivity index is 2.07. The number of carbonyl (C=O) groups is 1. The molecule has 1 aliphatic rings. The van der Waals surface area contributed by atoms with Gasteiger partial charge >= 0.3 is 0 Å². The van der Waals surface area contributed by atoms with Gasteiger partial charge in [0.05, 0.1) is 11.1 Å². The highest BCUT2D eigenvalue weighted by Gasteiger charge is 2.22. The van der Waals surface area contributed by atoms with E-state index in [1.54, 1.807) is 12.1 Å². The third-order valence-electron chi connectivity index (χ3n) is 2.80. The second-order valence-corrected chi connectivity index (χ2v) is 5.22. The summed E-state index contributed by atoms with van der Waals surface area (Å²) in [6.07, 6.45) is 2.89.